The van der Waals surface area contributed by atoms with Gasteiger partial charge in [-0.2, -0.15) is 0 Å². The largest absolute Gasteiger partial charge is 0.317 e. The molecule has 106 valence electrons. The highest BCUT2D eigenvalue weighted by atomic mass is 15.1. The molecule has 0 radical (unpaired) electrons. The molecule has 2 rings (SSSR count). The van der Waals surface area contributed by atoms with E-state index in [1.165, 1.54) is 71.2 Å². The van der Waals surface area contributed by atoms with Gasteiger partial charge in [0.15, 0.2) is 0 Å². The predicted octanol–water partition coefficient (Wildman–Crippen LogP) is 3.28. The van der Waals surface area contributed by atoms with Crippen molar-refractivity contribution in [3.05, 3.63) is 0 Å². The second-order valence-electron chi connectivity index (χ2n) is 7.48. The molecule has 0 saturated carbocycles. The number of hydrogen-bond acceptors (Lipinski definition) is 2. The van der Waals surface area contributed by atoms with Crippen molar-refractivity contribution >= 4 is 0 Å². The summed E-state index contributed by atoms with van der Waals surface area (Å²) in [5.74, 6) is 0. The first-order valence-corrected chi connectivity index (χ1v) is 7.98. The van der Waals surface area contributed by atoms with Gasteiger partial charge in [-0.1, -0.05) is 27.2 Å². The third-order valence-corrected chi connectivity index (χ3v) is 4.98. The van der Waals surface area contributed by atoms with E-state index in [1.54, 1.807) is 0 Å². The molecule has 2 heteroatoms. The Hall–Kier alpha value is -0.0800. The Kier molecular flexibility index (Phi) is 4.71. The summed E-state index contributed by atoms with van der Waals surface area (Å²) in [4.78, 5) is 2.77. The van der Waals surface area contributed by atoms with Gasteiger partial charge >= 0.3 is 0 Å². The summed E-state index contributed by atoms with van der Waals surface area (Å²) in [6.45, 7) is 13.7. The molecule has 0 unspecified atom stereocenters. The van der Waals surface area contributed by atoms with Crippen LogP contribution in [0.5, 0.6) is 0 Å². The van der Waals surface area contributed by atoms with Crippen LogP contribution >= 0.6 is 0 Å². The normalized spacial score (nSPS) is 28.2. The molecule has 2 heterocycles. The Morgan fingerprint density at radius 1 is 1.11 bits per heavy atom. The fourth-order valence-electron chi connectivity index (χ4n) is 4.13. The first-order valence-electron chi connectivity index (χ1n) is 7.98. The minimum atomic E-state index is 0.540. The van der Waals surface area contributed by atoms with Crippen LogP contribution in [0.25, 0.3) is 0 Å². The van der Waals surface area contributed by atoms with Crippen molar-refractivity contribution in [1.82, 2.24) is 10.2 Å². The molecular formula is C16H32N2. The second kappa shape index (κ2) is 5.92. The maximum absolute atomic E-state index is 3.53. The summed E-state index contributed by atoms with van der Waals surface area (Å²) in [5, 5.41) is 3.53. The van der Waals surface area contributed by atoms with E-state index in [0.717, 1.165) is 0 Å². The topological polar surface area (TPSA) is 15.3 Å². The van der Waals surface area contributed by atoms with Crippen LogP contribution < -0.4 is 5.32 Å². The van der Waals surface area contributed by atoms with Crippen molar-refractivity contribution in [3.8, 4) is 0 Å². The maximum Gasteiger partial charge on any atom is 0.00391 e. The van der Waals surface area contributed by atoms with E-state index in [4.69, 9.17) is 0 Å². The van der Waals surface area contributed by atoms with Gasteiger partial charge in [0.05, 0.1) is 0 Å². The molecule has 2 fully saturated rings. The second-order valence-corrected chi connectivity index (χ2v) is 7.48. The van der Waals surface area contributed by atoms with Crippen LogP contribution in [0, 0.1) is 10.8 Å². The lowest BCUT2D eigenvalue weighted by Crippen LogP contribution is -2.49. The Morgan fingerprint density at radius 3 is 2.44 bits per heavy atom. The minimum Gasteiger partial charge on any atom is -0.317 e. The van der Waals surface area contributed by atoms with Crippen LogP contribution in [0.3, 0.4) is 0 Å². The molecule has 18 heavy (non-hydrogen) atoms. The van der Waals surface area contributed by atoms with E-state index in [2.05, 4.69) is 31.0 Å². The van der Waals surface area contributed by atoms with E-state index < -0.39 is 0 Å². The van der Waals surface area contributed by atoms with Gasteiger partial charge in [0.2, 0.25) is 0 Å². The van der Waals surface area contributed by atoms with Crippen molar-refractivity contribution in [2.24, 2.45) is 10.8 Å². The third kappa shape index (κ3) is 3.71. The first-order chi connectivity index (χ1) is 8.55. The van der Waals surface area contributed by atoms with Gasteiger partial charge in [0.1, 0.15) is 0 Å². The quantitative estimate of drug-likeness (QED) is 0.826. The Morgan fingerprint density at radius 2 is 1.83 bits per heavy atom. The highest BCUT2D eigenvalue weighted by Crippen LogP contribution is 2.37. The average Bonchev–Trinajstić information content (AvgIpc) is 2.29. The fraction of sp³-hybridized carbons (Fsp3) is 1.00. The number of nitrogens with one attached hydrogen (secondary N) is 1. The Labute approximate surface area is 114 Å². The maximum atomic E-state index is 3.53. The molecule has 0 spiro atoms. The standard InChI is InChI=1S/C16H32N2/c1-4-6-16(8-10-17-11-9-16)14-18-12-5-7-15(2,3)13-18/h17H,4-14H2,1-3H3. The molecule has 0 aliphatic carbocycles. The molecular weight excluding hydrogens is 220 g/mol. The van der Waals surface area contributed by atoms with Crippen LogP contribution in [0.15, 0.2) is 0 Å². The van der Waals surface area contributed by atoms with Crippen LogP contribution in [-0.4, -0.2) is 37.6 Å². The molecule has 0 amide bonds. The van der Waals surface area contributed by atoms with Gasteiger partial charge < -0.3 is 10.2 Å². The third-order valence-electron chi connectivity index (χ3n) is 4.98. The van der Waals surface area contributed by atoms with Gasteiger partial charge in [-0.05, 0) is 62.6 Å². The molecule has 2 nitrogen and oxygen atoms in total. The van der Waals surface area contributed by atoms with Crippen molar-refractivity contribution in [3.63, 3.8) is 0 Å². The predicted molar refractivity (Wildman–Crippen MR) is 78.9 cm³/mol. The first kappa shape index (κ1) is 14.3. The molecule has 1 N–H and O–H groups in total. The van der Waals surface area contributed by atoms with Gasteiger partial charge in [-0.25, -0.2) is 0 Å². The summed E-state index contributed by atoms with van der Waals surface area (Å²) < 4.78 is 0. The number of nitrogens with zero attached hydrogens (tertiary/aromatic N) is 1. The van der Waals surface area contributed by atoms with Crippen molar-refractivity contribution in [2.75, 3.05) is 32.7 Å². The van der Waals surface area contributed by atoms with Gasteiger partial charge in [0, 0.05) is 13.1 Å². The van der Waals surface area contributed by atoms with Crippen LogP contribution in [0.2, 0.25) is 0 Å². The molecule has 2 aliphatic rings. The summed E-state index contributed by atoms with van der Waals surface area (Å²) in [6, 6.07) is 0. The van der Waals surface area contributed by atoms with E-state index in [0.29, 0.717) is 10.8 Å². The van der Waals surface area contributed by atoms with Crippen molar-refractivity contribution in [1.29, 1.82) is 0 Å². The van der Waals surface area contributed by atoms with E-state index in [1.807, 2.05) is 0 Å². The molecule has 0 aromatic heterocycles. The minimum absolute atomic E-state index is 0.540. The zero-order valence-corrected chi connectivity index (χ0v) is 12.7. The lowest BCUT2D eigenvalue weighted by atomic mass is 9.74. The molecule has 2 saturated heterocycles. The van der Waals surface area contributed by atoms with Gasteiger partial charge in [-0.15, -0.1) is 0 Å². The monoisotopic (exact) mass is 252 g/mol. The van der Waals surface area contributed by atoms with Crippen molar-refractivity contribution in [2.45, 2.75) is 59.3 Å². The molecule has 2 aliphatic heterocycles. The summed E-state index contributed by atoms with van der Waals surface area (Å²) in [6.07, 6.45) is 8.34. The number of rotatable bonds is 4. The zero-order chi connectivity index (χ0) is 13.1. The smallest absolute Gasteiger partial charge is 0.00391 e. The number of hydrogen-bond donors (Lipinski definition) is 1. The molecule has 0 aromatic carbocycles. The van der Waals surface area contributed by atoms with Gasteiger partial charge in [0.25, 0.3) is 0 Å². The van der Waals surface area contributed by atoms with Crippen LogP contribution in [-0.2, 0) is 0 Å². The molecule has 0 atom stereocenters. The lowest BCUT2D eigenvalue weighted by molar-refractivity contribution is 0.0475. The lowest BCUT2D eigenvalue weighted by Gasteiger charge is -2.45. The summed E-state index contributed by atoms with van der Waals surface area (Å²) in [7, 11) is 0. The highest BCUT2D eigenvalue weighted by Gasteiger charge is 2.35. The summed E-state index contributed by atoms with van der Waals surface area (Å²) in [5.41, 5.74) is 1.16. The molecule has 0 aromatic rings. The zero-order valence-electron chi connectivity index (χ0n) is 12.7. The van der Waals surface area contributed by atoms with Crippen LogP contribution in [0.4, 0.5) is 0 Å². The van der Waals surface area contributed by atoms with Gasteiger partial charge in [-0.3, -0.25) is 0 Å². The summed E-state index contributed by atoms with van der Waals surface area (Å²) >= 11 is 0. The van der Waals surface area contributed by atoms with Crippen molar-refractivity contribution < 1.29 is 0 Å². The fourth-order valence-corrected chi connectivity index (χ4v) is 4.13. The highest BCUT2D eigenvalue weighted by molar-refractivity contribution is 4.90. The number of likely N-dealkylation sites (tertiary alicyclic amines) is 1. The van der Waals surface area contributed by atoms with E-state index >= 15 is 0 Å². The SMILES string of the molecule is CCCC1(CN2CCCC(C)(C)C2)CCNCC1. The van der Waals surface area contributed by atoms with E-state index in [-0.39, 0.29) is 0 Å². The van der Waals surface area contributed by atoms with E-state index in [9.17, 15) is 0 Å². The molecule has 0 bridgehead atoms. The average molecular weight is 252 g/mol. The Bertz CT molecular complexity index is 248. The Balaban J connectivity index is 1.95. The van der Waals surface area contributed by atoms with Crippen LogP contribution in [0.1, 0.15) is 59.3 Å². The number of piperidine rings is 2.